The van der Waals surface area contributed by atoms with Crippen molar-refractivity contribution in [2.24, 2.45) is 0 Å². The Morgan fingerprint density at radius 3 is 2.32 bits per heavy atom. The van der Waals surface area contributed by atoms with E-state index in [9.17, 15) is 9.59 Å². The summed E-state index contributed by atoms with van der Waals surface area (Å²) in [6.07, 6.45) is 0.628. The molecule has 0 aliphatic carbocycles. The minimum Gasteiger partial charge on any atom is -0.492 e. The molecule has 0 fully saturated rings. The number of carbonyl (C=O) groups excluding carboxylic acids is 2. The van der Waals surface area contributed by atoms with E-state index in [1.54, 1.807) is 42.5 Å². The lowest BCUT2D eigenvalue weighted by Crippen LogP contribution is -2.48. The fourth-order valence-corrected chi connectivity index (χ4v) is 2.77. The molecule has 0 saturated heterocycles. The molecule has 10 heteroatoms. The zero-order valence-electron chi connectivity index (χ0n) is 14.4. The fraction of sp³-hybridized carbons (Fsp3) is 0.167. The molecule has 0 radical (unpaired) electrons. The third-order valence-electron chi connectivity index (χ3n) is 3.35. The Morgan fingerprint density at radius 2 is 1.64 bits per heavy atom. The number of amides is 2. The van der Waals surface area contributed by atoms with Crippen LogP contribution in [-0.4, -0.2) is 23.5 Å². The minimum absolute atomic E-state index is 0.0195. The van der Waals surface area contributed by atoms with Crippen molar-refractivity contribution in [3.05, 3.63) is 63.1 Å². The molecule has 0 spiro atoms. The van der Waals surface area contributed by atoms with Gasteiger partial charge in [-0.15, -0.1) is 0 Å². The second kappa shape index (κ2) is 11.1. The van der Waals surface area contributed by atoms with E-state index >= 15 is 0 Å². The van der Waals surface area contributed by atoms with Crippen LogP contribution in [0.4, 0.5) is 0 Å². The average molecular weight is 461 g/mol. The summed E-state index contributed by atoms with van der Waals surface area (Å²) in [4.78, 5) is 23.8. The minimum atomic E-state index is -0.415. The Hall–Kier alpha value is -2.06. The molecule has 0 aromatic heterocycles. The lowest BCUT2D eigenvalue weighted by molar-refractivity contribution is -0.119. The zero-order valence-corrected chi connectivity index (χ0v) is 17.5. The highest BCUT2D eigenvalue weighted by Gasteiger charge is 2.08. The number of rotatable bonds is 6. The smallest absolute Gasteiger partial charge is 0.269 e. The van der Waals surface area contributed by atoms with Gasteiger partial charge in [-0.3, -0.25) is 20.4 Å². The topological polar surface area (TPSA) is 79.5 Å². The standard InChI is InChI=1S/C18H16Cl3N3O3S/c19-12-5-3-11(4-6-12)17(26)23-24-18(28)22-16(25)2-1-9-27-15-8-7-13(20)10-14(15)21/h3-8,10H,1-2,9H2,(H,23,26)(H2,22,24,25,28). The first-order valence-electron chi connectivity index (χ1n) is 8.09. The number of hydrogen-bond donors (Lipinski definition) is 3. The van der Waals surface area contributed by atoms with Crippen LogP contribution in [0.5, 0.6) is 5.75 Å². The predicted molar refractivity (Wildman–Crippen MR) is 114 cm³/mol. The summed E-state index contributed by atoms with van der Waals surface area (Å²) in [5.41, 5.74) is 5.24. The molecule has 148 valence electrons. The lowest BCUT2D eigenvalue weighted by atomic mass is 10.2. The summed E-state index contributed by atoms with van der Waals surface area (Å²) < 4.78 is 5.50. The second-order valence-corrected chi connectivity index (χ2v) is 7.18. The van der Waals surface area contributed by atoms with Gasteiger partial charge in [-0.05, 0) is 61.1 Å². The van der Waals surface area contributed by atoms with Crippen LogP contribution in [0.15, 0.2) is 42.5 Å². The molecule has 0 atom stereocenters. The summed E-state index contributed by atoms with van der Waals surface area (Å²) in [7, 11) is 0. The maximum atomic E-state index is 11.9. The third kappa shape index (κ3) is 7.52. The van der Waals surface area contributed by atoms with Crippen molar-refractivity contribution in [2.75, 3.05) is 6.61 Å². The molecular formula is C18H16Cl3N3O3S. The maximum Gasteiger partial charge on any atom is 0.269 e. The molecule has 0 saturated carbocycles. The van der Waals surface area contributed by atoms with E-state index < -0.39 is 5.91 Å². The molecule has 0 aliphatic heterocycles. The Balaban J connectivity index is 1.64. The van der Waals surface area contributed by atoms with Gasteiger partial charge in [0.15, 0.2) is 5.11 Å². The number of halogens is 3. The summed E-state index contributed by atoms with van der Waals surface area (Å²) in [5.74, 6) is -0.237. The molecule has 0 aliphatic rings. The Kier molecular flexibility index (Phi) is 8.79. The lowest BCUT2D eigenvalue weighted by Gasteiger charge is -2.11. The second-order valence-electron chi connectivity index (χ2n) is 5.49. The highest BCUT2D eigenvalue weighted by atomic mass is 35.5. The monoisotopic (exact) mass is 459 g/mol. The molecule has 2 rings (SSSR count). The van der Waals surface area contributed by atoms with E-state index in [-0.39, 0.29) is 17.4 Å². The van der Waals surface area contributed by atoms with Crippen LogP contribution >= 0.6 is 47.0 Å². The maximum absolute atomic E-state index is 11.9. The largest absolute Gasteiger partial charge is 0.492 e. The third-order valence-corrected chi connectivity index (χ3v) is 4.34. The summed E-state index contributed by atoms with van der Waals surface area (Å²) in [6.45, 7) is 0.294. The van der Waals surface area contributed by atoms with Crippen molar-refractivity contribution in [1.82, 2.24) is 16.2 Å². The van der Waals surface area contributed by atoms with E-state index in [4.69, 9.17) is 51.8 Å². The van der Waals surface area contributed by atoms with E-state index in [0.717, 1.165) is 0 Å². The summed E-state index contributed by atoms with van der Waals surface area (Å²) in [5, 5.41) is 3.88. The van der Waals surface area contributed by atoms with Gasteiger partial charge in [0.2, 0.25) is 5.91 Å². The first-order chi connectivity index (χ1) is 13.3. The first-order valence-corrected chi connectivity index (χ1v) is 9.63. The molecule has 28 heavy (non-hydrogen) atoms. The van der Waals surface area contributed by atoms with Crippen LogP contribution in [0.1, 0.15) is 23.2 Å². The SMILES string of the molecule is O=C(CCCOc1ccc(Cl)cc1Cl)NC(=S)NNC(=O)c1ccc(Cl)cc1. The van der Waals surface area contributed by atoms with Gasteiger partial charge in [0.25, 0.3) is 5.91 Å². The van der Waals surface area contributed by atoms with Crippen molar-refractivity contribution in [3.63, 3.8) is 0 Å². The van der Waals surface area contributed by atoms with Gasteiger partial charge in [-0.25, -0.2) is 0 Å². The molecule has 2 aromatic rings. The fourth-order valence-electron chi connectivity index (χ4n) is 2.01. The van der Waals surface area contributed by atoms with Gasteiger partial charge in [0, 0.05) is 22.0 Å². The quantitative estimate of drug-likeness (QED) is 0.343. The molecule has 6 nitrogen and oxygen atoms in total. The number of ether oxygens (including phenoxy) is 1. The number of benzene rings is 2. The Morgan fingerprint density at radius 1 is 0.964 bits per heavy atom. The molecule has 3 N–H and O–H groups in total. The molecule has 0 unspecified atom stereocenters. The molecule has 2 aromatic carbocycles. The van der Waals surface area contributed by atoms with E-state index in [2.05, 4.69) is 16.2 Å². The van der Waals surface area contributed by atoms with E-state index in [1.165, 1.54) is 0 Å². The van der Waals surface area contributed by atoms with Gasteiger partial charge in [0.1, 0.15) is 5.75 Å². The van der Waals surface area contributed by atoms with Gasteiger partial charge >= 0.3 is 0 Å². The molecule has 2 amide bonds. The van der Waals surface area contributed by atoms with Crippen molar-refractivity contribution >= 4 is 63.9 Å². The summed E-state index contributed by atoms with van der Waals surface area (Å²) >= 11 is 22.5. The Labute approximate surface area is 182 Å². The van der Waals surface area contributed by atoms with Gasteiger partial charge in [0.05, 0.1) is 11.6 Å². The normalized spacial score (nSPS) is 10.1. The van der Waals surface area contributed by atoms with E-state index in [0.29, 0.717) is 39.4 Å². The Bertz CT molecular complexity index is 863. The van der Waals surface area contributed by atoms with Gasteiger partial charge in [-0.2, -0.15) is 0 Å². The summed E-state index contributed by atoms with van der Waals surface area (Å²) in [6, 6.07) is 11.2. The van der Waals surface area contributed by atoms with Gasteiger partial charge < -0.3 is 10.1 Å². The molecule has 0 heterocycles. The first kappa shape index (κ1) is 22.2. The number of hydrogen-bond acceptors (Lipinski definition) is 4. The van der Waals surface area contributed by atoms with Crippen LogP contribution in [0.2, 0.25) is 15.1 Å². The van der Waals surface area contributed by atoms with Crippen molar-refractivity contribution in [2.45, 2.75) is 12.8 Å². The van der Waals surface area contributed by atoms with Crippen molar-refractivity contribution in [1.29, 1.82) is 0 Å². The van der Waals surface area contributed by atoms with E-state index in [1.807, 2.05) is 0 Å². The highest BCUT2D eigenvalue weighted by molar-refractivity contribution is 7.80. The number of thiocarbonyl (C=S) groups is 1. The zero-order chi connectivity index (χ0) is 20.5. The van der Waals surface area contributed by atoms with Crippen molar-refractivity contribution in [3.8, 4) is 5.75 Å². The highest BCUT2D eigenvalue weighted by Crippen LogP contribution is 2.27. The number of nitrogens with one attached hydrogen (secondary N) is 3. The average Bonchev–Trinajstić information content (AvgIpc) is 2.65. The predicted octanol–water partition coefficient (Wildman–Crippen LogP) is 4.14. The van der Waals surface area contributed by atoms with Crippen LogP contribution in [0.25, 0.3) is 0 Å². The molecule has 0 bridgehead atoms. The van der Waals surface area contributed by atoms with Crippen LogP contribution in [-0.2, 0) is 4.79 Å². The van der Waals surface area contributed by atoms with Crippen molar-refractivity contribution < 1.29 is 14.3 Å². The van der Waals surface area contributed by atoms with Crippen LogP contribution < -0.4 is 20.9 Å². The molecular weight excluding hydrogens is 445 g/mol. The number of hydrazine groups is 1. The van der Waals surface area contributed by atoms with Gasteiger partial charge in [-0.1, -0.05) is 34.8 Å². The number of carbonyl (C=O) groups is 2. The van der Waals surface area contributed by atoms with Crippen LogP contribution in [0, 0.1) is 0 Å². The van der Waals surface area contributed by atoms with Crippen LogP contribution in [0.3, 0.4) is 0 Å².